The van der Waals surface area contributed by atoms with E-state index >= 15 is 0 Å². The molecule has 2 atom stereocenters. The zero-order chi connectivity index (χ0) is 14.2. The number of ether oxygens (including phenoxy) is 1. The molecule has 0 bridgehead atoms. The summed E-state index contributed by atoms with van der Waals surface area (Å²) in [4.78, 5) is 11.1. The molecule has 1 spiro atoms. The molecule has 1 aromatic rings. The number of nitrogens with one attached hydrogen (secondary N) is 1. The third-order valence-electron chi connectivity index (χ3n) is 4.95. The quantitative estimate of drug-likeness (QED) is 0.867. The summed E-state index contributed by atoms with van der Waals surface area (Å²) in [7, 11) is 0. The molecule has 20 heavy (non-hydrogen) atoms. The summed E-state index contributed by atoms with van der Waals surface area (Å²) in [6.45, 7) is 2.86. The zero-order valence-electron chi connectivity index (χ0n) is 11.9. The second-order valence-corrected chi connectivity index (χ2v) is 5.90. The van der Waals surface area contributed by atoms with Crippen molar-refractivity contribution in [2.75, 3.05) is 11.9 Å². The van der Waals surface area contributed by atoms with Crippen molar-refractivity contribution in [2.24, 2.45) is 11.1 Å². The van der Waals surface area contributed by atoms with Gasteiger partial charge in [0.1, 0.15) is 0 Å². The van der Waals surface area contributed by atoms with Crippen LogP contribution in [0.4, 0.5) is 5.69 Å². The number of nitrogens with two attached hydrogens (primary N) is 1. The van der Waals surface area contributed by atoms with Crippen LogP contribution in [0.2, 0.25) is 0 Å². The minimum atomic E-state index is -0.382. The molecule has 1 amide bonds. The van der Waals surface area contributed by atoms with Crippen molar-refractivity contribution >= 4 is 11.6 Å². The molecule has 2 saturated carbocycles. The minimum Gasteiger partial charge on any atom is -0.382 e. The maximum Gasteiger partial charge on any atom is 0.248 e. The standard InChI is InChI=1S/C16H22N2O2/c1-2-20-14-10-13(16(14)8-3-9-16)18-12-6-4-11(5-7-12)15(17)19/h4-7,13-14,18H,2-3,8-10H2,1H3,(H2,17,19). The first kappa shape index (κ1) is 13.4. The zero-order valence-corrected chi connectivity index (χ0v) is 11.9. The molecule has 0 saturated heterocycles. The van der Waals surface area contributed by atoms with E-state index in [9.17, 15) is 4.79 Å². The van der Waals surface area contributed by atoms with Crippen molar-refractivity contribution in [3.8, 4) is 0 Å². The highest BCUT2D eigenvalue weighted by atomic mass is 16.5. The molecule has 4 nitrogen and oxygen atoms in total. The minimum absolute atomic E-state index is 0.346. The molecule has 1 aromatic carbocycles. The van der Waals surface area contributed by atoms with Crippen molar-refractivity contribution < 1.29 is 9.53 Å². The summed E-state index contributed by atoms with van der Waals surface area (Å²) in [5, 5.41) is 3.59. The summed E-state index contributed by atoms with van der Waals surface area (Å²) in [5.41, 5.74) is 7.20. The summed E-state index contributed by atoms with van der Waals surface area (Å²) in [6, 6.07) is 7.90. The van der Waals surface area contributed by atoms with Gasteiger partial charge in [-0.25, -0.2) is 0 Å². The van der Waals surface area contributed by atoms with E-state index in [1.54, 1.807) is 12.1 Å². The topological polar surface area (TPSA) is 64.3 Å². The number of rotatable bonds is 5. The maximum atomic E-state index is 11.1. The van der Waals surface area contributed by atoms with Crippen molar-refractivity contribution in [1.29, 1.82) is 0 Å². The highest BCUT2D eigenvalue weighted by Gasteiger charge is 2.58. The largest absolute Gasteiger partial charge is 0.382 e. The predicted octanol–water partition coefficient (Wildman–Crippen LogP) is 2.55. The number of hydrogen-bond acceptors (Lipinski definition) is 3. The van der Waals surface area contributed by atoms with E-state index in [-0.39, 0.29) is 5.91 Å². The second-order valence-electron chi connectivity index (χ2n) is 5.90. The van der Waals surface area contributed by atoms with Gasteiger partial charge in [0.25, 0.3) is 0 Å². The normalized spacial score (nSPS) is 26.6. The smallest absolute Gasteiger partial charge is 0.248 e. The highest BCUT2D eigenvalue weighted by molar-refractivity contribution is 5.93. The fourth-order valence-corrected chi connectivity index (χ4v) is 3.57. The van der Waals surface area contributed by atoms with E-state index in [0.717, 1.165) is 18.7 Å². The molecule has 108 valence electrons. The average molecular weight is 274 g/mol. The monoisotopic (exact) mass is 274 g/mol. The van der Waals surface area contributed by atoms with Gasteiger partial charge >= 0.3 is 0 Å². The van der Waals surface area contributed by atoms with E-state index < -0.39 is 0 Å². The molecule has 0 aromatic heterocycles. The number of primary amides is 1. The van der Waals surface area contributed by atoms with Gasteiger partial charge < -0.3 is 15.8 Å². The predicted molar refractivity (Wildman–Crippen MR) is 78.7 cm³/mol. The van der Waals surface area contributed by atoms with Gasteiger partial charge in [0.2, 0.25) is 5.91 Å². The number of carbonyl (C=O) groups excluding carboxylic acids is 1. The van der Waals surface area contributed by atoms with Crippen LogP contribution in [0, 0.1) is 5.41 Å². The summed E-state index contributed by atoms with van der Waals surface area (Å²) in [6.07, 6.45) is 5.32. The van der Waals surface area contributed by atoms with Gasteiger partial charge in [-0.15, -0.1) is 0 Å². The van der Waals surface area contributed by atoms with Crippen LogP contribution in [-0.2, 0) is 4.74 Å². The van der Waals surface area contributed by atoms with Crippen LogP contribution >= 0.6 is 0 Å². The molecule has 0 heterocycles. The van der Waals surface area contributed by atoms with Crippen LogP contribution in [0.5, 0.6) is 0 Å². The van der Waals surface area contributed by atoms with Crippen LogP contribution in [0.3, 0.4) is 0 Å². The molecule has 2 fully saturated rings. The lowest BCUT2D eigenvalue weighted by atomic mass is 9.51. The Kier molecular flexibility index (Phi) is 3.42. The van der Waals surface area contributed by atoms with Gasteiger partial charge in [0, 0.05) is 29.3 Å². The van der Waals surface area contributed by atoms with Crippen molar-refractivity contribution in [3.05, 3.63) is 29.8 Å². The van der Waals surface area contributed by atoms with Crippen LogP contribution in [0.15, 0.2) is 24.3 Å². The average Bonchev–Trinajstić information content (AvgIpc) is 2.36. The fourth-order valence-electron chi connectivity index (χ4n) is 3.57. The van der Waals surface area contributed by atoms with E-state index in [4.69, 9.17) is 10.5 Å². The number of amides is 1. The molecular formula is C16H22N2O2. The van der Waals surface area contributed by atoms with Crippen LogP contribution < -0.4 is 11.1 Å². The van der Waals surface area contributed by atoms with E-state index in [1.165, 1.54) is 19.3 Å². The summed E-state index contributed by atoms with van der Waals surface area (Å²) < 4.78 is 5.85. The Balaban J connectivity index is 1.65. The first-order chi connectivity index (χ1) is 9.65. The van der Waals surface area contributed by atoms with Gasteiger partial charge in [0.05, 0.1) is 6.10 Å². The lowest BCUT2D eigenvalue weighted by molar-refractivity contribution is -0.157. The van der Waals surface area contributed by atoms with Crippen LogP contribution in [-0.4, -0.2) is 24.7 Å². The summed E-state index contributed by atoms with van der Waals surface area (Å²) in [5.74, 6) is -0.382. The van der Waals surface area contributed by atoms with Crippen molar-refractivity contribution in [3.63, 3.8) is 0 Å². The Morgan fingerprint density at radius 1 is 1.40 bits per heavy atom. The van der Waals surface area contributed by atoms with Crippen molar-refractivity contribution in [2.45, 2.75) is 44.8 Å². The number of anilines is 1. The lowest BCUT2D eigenvalue weighted by Crippen LogP contribution is -2.64. The molecule has 3 N–H and O–H groups in total. The molecular weight excluding hydrogens is 252 g/mol. The molecule has 4 heteroatoms. The molecule has 2 aliphatic carbocycles. The molecule has 2 unspecified atom stereocenters. The molecule has 0 radical (unpaired) electrons. The molecule has 2 aliphatic rings. The van der Waals surface area contributed by atoms with Gasteiger partial charge in [-0.05, 0) is 50.5 Å². The lowest BCUT2D eigenvalue weighted by Gasteiger charge is -2.61. The van der Waals surface area contributed by atoms with Crippen LogP contribution in [0.1, 0.15) is 43.0 Å². The van der Waals surface area contributed by atoms with Gasteiger partial charge in [-0.2, -0.15) is 0 Å². The first-order valence-corrected chi connectivity index (χ1v) is 7.44. The maximum absolute atomic E-state index is 11.1. The van der Waals surface area contributed by atoms with Gasteiger partial charge in [-0.3, -0.25) is 4.79 Å². The summed E-state index contributed by atoms with van der Waals surface area (Å²) >= 11 is 0. The van der Waals surface area contributed by atoms with Gasteiger partial charge in [-0.1, -0.05) is 6.42 Å². The molecule has 3 rings (SSSR count). The first-order valence-electron chi connectivity index (χ1n) is 7.44. The second kappa shape index (κ2) is 5.09. The fraction of sp³-hybridized carbons (Fsp3) is 0.562. The number of carbonyl (C=O) groups is 1. The van der Waals surface area contributed by atoms with Gasteiger partial charge in [0.15, 0.2) is 0 Å². The Bertz CT molecular complexity index is 494. The highest BCUT2D eigenvalue weighted by Crippen LogP contribution is 2.58. The number of hydrogen-bond donors (Lipinski definition) is 2. The molecule has 0 aliphatic heterocycles. The van der Waals surface area contributed by atoms with E-state index in [2.05, 4.69) is 12.2 Å². The van der Waals surface area contributed by atoms with Crippen LogP contribution in [0.25, 0.3) is 0 Å². The van der Waals surface area contributed by atoms with E-state index in [0.29, 0.717) is 23.1 Å². The van der Waals surface area contributed by atoms with E-state index in [1.807, 2.05) is 12.1 Å². The van der Waals surface area contributed by atoms with Crippen molar-refractivity contribution in [1.82, 2.24) is 0 Å². The Hall–Kier alpha value is -1.55. The Morgan fingerprint density at radius 3 is 2.60 bits per heavy atom. The third kappa shape index (κ3) is 2.08. The Labute approximate surface area is 119 Å². The third-order valence-corrected chi connectivity index (χ3v) is 4.95. The number of benzene rings is 1. The SMILES string of the molecule is CCOC1CC(Nc2ccc(C(N)=O)cc2)C12CCC2. The Morgan fingerprint density at radius 2 is 2.10 bits per heavy atom.